The summed E-state index contributed by atoms with van der Waals surface area (Å²) in [6.07, 6.45) is -0.223. The lowest BCUT2D eigenvalue weighted by atomic mass is 10.3. The standard InChI is InChI=1S/C7H17N3O/c1-7(11)6-9-2-4-10(8)5-3-9/h7,11H,2-6,8H2,1H3. The molecule has 3 N–H and O–H groups in total. The van der Waals surface area contributed by atoms with E-state index in [0.29, 0.717) is 0 Å². The molecule has 0 radical (unpaired) electrons. The van der Waals surface area contributed by atoms with Gasteiger partial charge in [0.25, 0.3) is 0 Å². The van der Waals surface area contributed by atoms with Gasteiger partial charge >= 0.3 is 0 Å². The summed E-state index contributed by atoms with van der Waals surface area (Å²) < 4.78 is 0. The monoisotopic (exact) mass is 159 g/mol. The molecule has 4 nitrogen and oxygen atoms in total. The number of rotatable bonds is 2. The van der Waals surface area contributed by atoms with Gasteiger partial charge in [0.2, 0.25) is 0 Å². The van der Waals surface area contributed by atoms with E-state index < -0.39 is 0 Å². The molecular formula is C7H17N3O. The summed E-state index contributed by atoms with van der Waals surface area (Å²) in [5.41, 5.74) is 0. The summed E-state index contributed by atoms with van der Waals surface area (Å²) in [7, 11) is 0. The summed E-state index contributed by atoms with van der Waals surface area (Å²) in [4.78, 5) is 2.23. The molecule has 4 heteroatoms. The van der Waals surface area contributed by atoms with Crippen LogP contribution in [-0.2, 0) is 0 Å². The van der Waals surface area contributed by atoms with E-state index in [1.54, 1.807) is 0 Å². The van der Waals surface area contributed by atoms with Gasteiger partial charge in [-0.15, -0.1) is 0 Å². The number of nitrogens with zero attached hydrogens (tertiary/aromatic N) is 2. The largest absolute Gasteiger partial charge is 0.392 e. The van der Waals surface area contributed by atoms with Gasteiger partial charge in [-0.2, -0.15) is 0 Å². The number of aliphatic hydroxyl groups excluding tert-OH is 1. The average Bonchev–Trinajstić information content (AvgIpc) is 1.93. The van der Waals surface area contributed by atoms with Gasteiger partial charge < -0.3 is 5.11 Å². The minimum absolute atomic E-state index is 0.223. The smallest absolute Gasteiger partial charge is 0.0639 e. The maximum absolute atomic E-state index is 9.08. The predicted octanol–water partition coefficient (Wildman–Crippen LogP) is -1.14. The maximum Gasteiger partial charge on any atom is 0.0639 e. The number of nitrogens with two attached hydrogens (primary N) is 1. The Labute approximate surface area is 67.5 Å². The minimum atomic E-state index is -0.223. The molecule has 0 aromatic rings. The molecule has 1 saturated heterocycles. The van der Waals surface area contributed by atoms with Gasteiger partial charge in [-0.05, 0) is 6.92 Å². The van der Waals surface area contributed by atoms with Crippen molar-refractivity contribution in [3.63, 3.8) is 0 Å². The highest BCUT2D eigenvalue weighted by atomic mass is 16.3. The van der Waals surface area contributed by atoms with Crippen LogP contribution in [-0.4, -0.2) is 53.8 Å². The molecule has 1 unspecified atom stereocenters. The molecule has 0 bridgehead atoms. The number of hydrogen-bond acceptors (Lipinski definition) is 4. The molecule has 0 saturated carbocycles. The zero-order valence-electron chi connectivity index (χ0n) is 7.03. The Hall–Kier alpha value is -0.160. The quantitative estimate of drug-likeness (QED) is 0.500. The third-order valence-corrected chi connectivity index (χ3v) is 1.93. The Morgan fingerprint density at radius 2 is 1.91 bits per heavy atom. The second-order valence-electron chi connectivity index (χ2n) is 3.19. The topological polar surface area (TPSA) is 52.7 Å². The number of aliphatic hydroxyl groups is 1. The van der Waals surface area contributed by atoms with Crippen LogP contribution in [0.1, 0.15) is 6.92 Å². The molecule has 0 aliphatic carbocycles. The first-order valence-electron chi connectivity index (χ1n) is 4.08. The van der Waals surface area contributed by atoms with Crippen molar-refractivity contribution in [3.8, 4) is 0 Å². The molecule has 0 amide bonds. The van der Waals surface area contributed by atoms with Crippen LogP contribution in [0.15, 0.2) is 0 Å². The Morgan fingerprint density at radius 3 is 2.36 bits per heavy atom. The van der Waals surface area contributed by atoms with E-state index >= 15 is 0 Å². The van der Waals surface area contributed by atoms with E-state index in [9.17, 15) is 0 Å². The van der Waals surface area contributed by atoms with Gasteiger partial charge in [0.15, 0.2) is 0 Å². The Balaban J connectivity index is 2.17. The first-order valence-corrected chi connectivity index (χ1v) is 4.08. The second-order valence-corrected chi connectivity index (χ2v) is 3.19. The highest BCUT2D eigenvalue weighted by Gasteiger charge is 2.14. The molecule has 0 aromatic carbocycles. The Bertz CT molecular complexity index is 110. The molecule has 66 valence electrons. The van der Waals surface area contributed by atoms with Gasteiger partial charge in [-0.25, -0.2) is 5.01 Å². The SMILES string of the molecule is CC(O)CN1CCN(N)CC1. The third-order valence-electron chi connectivity index (χ3n) is 1.93. The van der Waals surface area contributed by atoms with Crippen molar-refractivity contribution >= 4 is 0 Å². The van der Waals surface area contributed by atoms with Crippen LogP contribution in [0, 0.1) is 0 Å². The zero-order valence-corrected chi connectivity index (χ0v) is 7.03. The fourth-order valence-electron chi connectivity index (χ4n) is 1.32. The predicted molar refractivity (Wildman–Crippen MR) is 43.9 cm³/mol. The van der Waals surface area contributed by atoms with Crippen LogP contribution in [0.3, 0.4) is 0 Å². The van der Waals surface area contributed by atoms with Crippen molar-refractivity contribution in [1.29, 1.82) is 0 Å². The van der Waals surface area contributed by atoms with Gasteiger partial charge in [0.05, 0.1) is 6.10 Å². The van der Waals surface area contributed by atoms with E-state index in [1.165, 1.54) is 0 Å². The average molecular weight is 159 g/mol. The van der Waals surface area contributed by atoms with Crippen molar-refractivity contribution in [2.24, 2.45) is 5.84 Å². The molecule has 11 heavy (non-hydrogen) atoms. The number of hydrogen-bond donors (Lipinski definition) is 2. The maximum atomic E-state index is 9.08. The summed E-state index contributed by atoms with van der Waals surface area (Å²) >= 11 is 0. The van der Waals surface area contributed by atoms with E-state index in [1.807, 2.05) is 11.9 Å². The molecule has 1 aliphatic heterocycles. The van der Waals surface area contributed by atoms with Crippen molar-refractivity contribution in [3.05, 3.63) is 0 Å². The second kappa shape index (κ2) is 4.01. The van der Waals surface area contributed by atoms with Crippen LogP contribution in [0.4, 0.5) is 0 Å². The van der Waals surface area contributed by atoms with Crippen molar-refractivity contribution < 1.29 is 5.11 Å². The first kappa shape index (κ1) is 8.93. The van der Waals surface area contributed by atoms with E-state index in [2.05, 4.69) is 4.90 Å². The molecule has 0 aromatic heterocycles. The van der Waals surface area contributed by atoms with Gasteiger partial charge in [0.1, 0.15) is 0 Å². The van der Waals surface area contributed by atoms with Crippen LogP contribution in [0.2, 0.25) is 0 Å². The van der Waals surface area contributed by atoms with Crippen molar-refractivity contribution in [2.75, 3.05) is 32.7 Å². The van der Waals surface area contributed by atoms with Crippen LogP contribution >= 0.6 is 0 Å². The lowest BCUT2D eigenvalue weighted by Crippen LogP contribution is -2.50. The molecule has 1 heterocycles. The summed E-state index contributed by atoms with van der Waals surface area (Å²) in [5.74, 6) is 5.57. The number of β-amino-alcohol motifs (C(OH)–C–C–N with tert-alkyl or cyclic N) is 1. The van der Waals surface area contributed by atoms with E-state index in [4.69, 9.17) is 10.9 Å². The van der Waals surface area contributed by atoms with Gasteiger partial charge in [0, 0.05) is 32.7 Å². The first-order chi connectivity index (χ1) is 5.18. The van der Waals surface area contributed by atoms with Crippen LogP contribution < -0.4 is 5.84 Å². The molecule has 1 atom stereocenters. The molecule has 1 aliphatic rings. The van der Waals surface area contributed by atoms with Gasteiger partial charge in [-0.1, -0.05) is 0 Å². The summed E-state index contributed by atoms with van der Waals surface area (Å²) in [6.45, 7) is 6.35. The lowest BCUT2D eigenvalue weighted by molar-refractivity contribution is 0.0810. The number of hydrazine groups is 1. The normalized spacial score (nSPS) is 25.4. The molecule has 1 rings (SSSR count). The highest BCUT2D eigenvalue weighted by Crippen LogP contribution is 1.98. The molecule has 0 spiro atoms. The Kier molecular flexibility index (Phi) is 3.26. The highest BCUT2D eigenvalue weighted by molar-refractivity contribution is 4.69. The molecule has 1 fully saturated rings. The van der Waals surface area contributed by atoms with E-state index in [0.717, 1.165) is 32.7 Å². The van der Waals surface area contributed by atoms with Crippen LogP contribution in [0.25, 0.3) is 0 Å². The minimum Gasteiger partial charge on any atom is -0.392 e. The summed E-state index contributed by atoms with van der Waals surface area (Å²) in [5, 5.41) is 10.9. The van der Waals surface area contributed by atoms with Crippen molar-refractivity contribution in [1.82, 2.24) is 9.91 Å². The van der Waals surface area contributed by atoms with Gasteiger partial charge in [-0.3, -0.25) is 10.7 Å². The zero-order chi connectivity index (χ0) is 8.27. The lowest BCUT2D eigenvalue weighted by Gasteiger charge is -2.32. The number of piperazine rings is 1. The van der Waals surface area contributed by atoms with Crippen molar-refractivity contribution in [2.45, 2.75) is 13.0 Å². The third kappa shape index (κ3) is 3.16. The van der Waals surface area contributed by atoms with Crippen LogP contribution in [0.5, 0.6) is 0 Å². The van der Waals surface area contributed by atoms with E-state index in [-0.39, 0.29) is 6.10 Å². The fourth-order valence-corrected chi connectivity index (χ4v) is 1.32. The Morgan fingerprint density at radius 1 is 1.36 bits per heavy atom. The summed E-state index contributed by atoms with van der Waals surface area (Å²) in [6, 6.07) is 0. The molecular weight excluding hydrogens is 142 g/mol. The fraction of sp³-hybridized carbons (Fsp3) is 1.00.